The largest absolute Gasteiger partial charge is 0.309 e. The first-order chi connectivity index (χ1) is 11.8. The molecule has 0 aromatic heterocycles. The van der Waals surface area contributed by atoms with Gasteiger partial charge < -0.3 is 4.90 Å². The van der Waals surface area contributed by atoms with Crippen molar-refractivity contribution in [3.05, 3.63) is 59.1 Å². The predicted molar refractivity (Wildman–Crippen MR) is 101 cm³/mol. The highest BCUT2D eigenvalue weighted by Crippen LogP contribution is 2.33. The minimum Gasteiger partial charge on any atom is -0.309 e. The van der Waals surface area contributed by atoms with Crippen LogP contribution in [0.4, 0.5) is 11.4 Å². The van der Waals surface area contributed by atoms with Crippen molar-refractivity contribution < 1.29 is 13.2 Å². The Hall–Kier alpha value is -2.05. The number of carbonyl (C=O) groups is 1. The van der Waals surface area contributed by atoms with Crippen molar-refractivity contribution in [2.24, 2.45) is 0 Å². The Morgan fingerprint density at radius 2 is 1.72 bits per heavy atom. The maximum absolute atomic E-state index is 12.8. The number of rotatable bonds is 6. The summed E-state index contributed by atoms with van der Waals surface area (Å²) in [5.74, 6) is 0.0219. The molecule has 25 heavy (non-hydrogen) atoms. The van der Waals surface area contributed by atoms with Gasteiger partial charge >= 0.3 is 0 Å². The number of nitrogens with zero attached hydrogens (tertiary/aromatic N) is 1. The molecule has 1 aliphatic carbocycles. The van der Waals surface area contributed by atoms with Gasteiger partial charge in [0.05, 0.1) is 12.7 Å². The Morgan fingerprint density at radius 3 is 2.24 bits per heavy atom. The number of hydrogen-bond acceptors (Lipinski definition) is 3. The van der Waals surface area contributed by atoms with Gasteiger partial charge in [-0.05, 0) is 54.8 Å². The van der Waals surface area contributed by atoms with Crippen LogP contribution in [0, 0.1) is 0 Å². The molecule has 1 fully saturated rings. The molecular weight excluding hydrogens is 360 g/mol. The number of halogens is 1. The lowest BCUT2D eigenvalue weighted by Crippen LogP contribution is -2.34. The zero-order valence-corrected chi connectivity index (χ0v) is 15.3. The van der Waals surface area contributed by atoms with Gasteiger partial charge in [-0.1, -0.05) is 23.7 Å². The van der Waals surface area contributed by atoms with Crippen LogP contribution < -0.4 is 9.62 Å². The normalized spacial score (nSPS) is 14.2. The van der Waals surface area contributed by atoms with Crippen LogP contribution in [0.1, 0.15) is 18.4 Å². The monoisotopic (exact) mass is 378 g/mol. The molecule has 0 radical (unpaired) electrons. The van der Waals surface area contributed by atoms with Gasteiger partial charge in [-0.3, -0.25) is 9.52 Å². The summed E-state index contributed by atoms with van der Waals surface area (Å²) in [5.41, 5.74) is 2.17. The quantitative estimate of drug-likeness (QED) is 0.837. The van der Waals surface area contributed by atoms with Gasteiger partial charge in [-0.15, -0.1) is 0 Å². The Morgan fingerprint density at radius 1 is 1.12 bits per heavy atom. The van der Waals surface area contributed by atoms with Gasteiger partial charge in [0.1, 0.15) is 0 Å². The van der Waals surface area contributed by atoms with E-state index in [0.29, 0.717) is 17.1 Å². The first kappa shape index (κ1) is 17.8. The highest BCUT2D eigenvalue weighted by Gasteiger charge is 2.33. The predicted octanol–water partition coefficient (Wildman–Crippen LogP) is 3.45. The van der Waals surface area contributed by atoms with Crippen molar-refractivity contribution in [3.63, 3.8) is 0 Å². The molecule has 0 unspecified atom stereocenters. The summed E-state index contributed by atoms with van der Waals surface area (Å²) in [6.45, 7) is 0. The third-order valence-electron chi connectivity index (χ3n) is 3.90. The number of carbonyl (C=O) groups excluding carboxylic acids is 1. The molecule has 132 valence electrons. The third-order valence-corrected chi connectivity index (χ3v) is 4.76. The van der Waals surface area contributed by atoms with E-state index in [4.69, 9.17) is 11.6 Å². The lowest BCUT2D eigenvalue weighted by molar-refractivity contribution is -0.118. The number of benzene rings is 2. The molecule has 7 heteroatoms. The van der Waals surface area contributed by atoms with E-state index in [1.54, 1.807) is 41.3 Å². The second-order valence-corrected chi connectivity index (χ2v) is 8.40. The van der Waals surface area contributed by atoms with E-state index in [-0.39, 0.29) is 11.9 Å². The lowest BCUT2D eigenvalue weighted by atomic mass is 10.1. The van der Waals surface area contributed by atoms with Crippen LogP contribution in [0.2, 0.25) is 5.02 Å². The van der Waals surface area contributed by atoms with Gasteiger partial charge in [0.2, 0.25) is 15.9 Å². The van der Waals surface area contributed by atoms with Crippen molar-refractivity contribution in [1.29, 1.82) is 0 Å². The fraction of sp³-hybridized carbons (Fsp3) is 0.278. The van der Waals surface area contributed by atoms with Crippen LogP contribution in [-0.4, -0.2) is 26.6 Å². The smallest absolute Gasteiger partial charge is 0.231 e. The van der Waals surface area contributed by atoms with E-state index < -0.39 is 10.0 Å². The summed E-state index contributed by atoms with van der Waals surface area (Å²) in [5, 5.41) is 0.643. The van der Waals surface area contributed by atoms with Gasteiger partial charge in [-0.25, -0.2) is 8.42 Å². The Balaban J connectivity index is 1.76. The summed E-state index contributed by atoms with van der Waals surface area (Å²) >= 11 is 5.88. The number of sulfonamides is 1. The molecule has 1 amide bonds. The molecule has 1 saturated carbocycles. The molecule has 0 spiro atoms. The second kappa shape index (κ2) is 7.06. The van der Waals surface area contributed by atoms with E-state index in [1.165, 1.54) is 0 Å². The van der Waals surface area contributed by atoms with Crippen LogP contribution in [0.5, 0.6) is 0 Å². The van der Waals surface area contributed by atoms with E-state index >= 15 is 0 Å². The summed E-state index contributed by atoms with van der Waals surface area (Å²) in [7, 11) is -3.32. The van der Waals surface area contributed by atoms with Crippen LogP contribution in [-0.2, 0) is 21.2 Å². The number of nitrogens with one attached hydrogen (secondary N) is 1. The van der Waals surface area contributed by atoms with Crippen molar-refractivity contribution in [3.8, 4) is 0 Å². The van der Waals surface area contributed by atoms with E-state index in [1.807, 2.05) is 12.1 Å². The summed E-state index contributed by atoms with van der Waals surface area (Å²) < 4.78 is 25.0. The topological polar surface area (TPSA) is 66.5 Å². The second-order valence-electron chi connectivity index (χ2n) is 6.22. The average molecular weight is 379 g/mol. The Labute approximate surface area is 152 Å². The summed E-state index contributed by atoms with van der Waals surface area (Å²) in [4.78, 5) is 14.6. The molecule has 0 aliphatic heterocycles. The van der Waals surface area contributed by atoms with Crippen molar-refractivity contribution >= 4 is 38.9 Å². The highest BCUT2D eigenvalue weighted by molar-refractivity contribution is 7.92. The molecule has 0 heterocycles. The molecule has 0 bridgehead atoms. The molecule has 0 atom stereocenters. The van der Waals surface area contributed by atoms with Crippen LogP contribution in [0.25, 0.3) is 0 Å². The molecule has 3 rings (SSSR count). The fourth-order valence-corrected chi connectivity index (χ4v) is 3.35. The fourth-order valence-electron chi connectivity index (χ4n) is 2.66. The van der Waals surface area contributed by atoms with Crippen molar-refractivity contribution in [1.82, 2.24) is 0 Å². The van der Waals surface area contributed by atoms with Crippen molar-refractivity contribution in [2.75, 3.05) is 15.9 Å². The van der Waals surface area contributed by atoms with Gasteiger partial charge in [0, 0.05) is 22.4 Å². The number of hydrogen-bond donors (Lipinski definition) is 1. The Bertz CT molecular complexity index is 860. The first-order valence-corrected chi connectivity index (χ1v) is 10.2. The molecular formula is C18H19ClN2O3S. The van der Waals surface area contributed by atoms with Crippen LogP contribution in [0.15, 0.2) is 48.5 Å². The zero-order valence-electron chi connectivity index (χ0n) is 13.8. The number of amides is 1. The van der Waals surface area contributed by atoms with Gasteiger partial charge in [-0.2, -0.15) is 0 Å². The first-order valence-electron chi connectivity index (χ1n) is 7.96. The zero-order chi connectivity index (χ0) is 18.0. The van der Waals surface area contributed by atoms with Gasteiger partial charge in [0.25, 0.3) is 0 Å². The molecule has 0 saturated heterocycles. The molecule has 2 aromatic carbocycles. The Kier molecular flexibility index (Phi) is 5.01. The van der Waals surface area contributed by atoms with E-state index in [2.05, 4.69) is 4.72 Å². The highest BCUT2D eigenvalue weighted by atomic mass is 35.5. The third kappa shape index (κ3) is 4.96. The lowest BCUT2D eigenvalue weighted by Gasteiger charge is -2.23. The average Bonchev–Trinajstić information content (AvgIpc) is 3.35. The molecule has 5 nitrogen and oxygen atoms in total. The SMILES string of the molecule is CS(=O)(=O)Nc1ccc(N(C(=O)Cc2ccc(Cl)cc2)C2CC2)cc1. The molecule has 1 N–H and O–H groups in total. The minimum absolute atomic E-state index is 0.0219. The van der Waals surface area contributed by atoms with Gasteiger partial charge in [0.15, 0.2) is 0 Å². The van der Waals surface area contributed by atoms with E-state index in [0.717, 1.165) is 30.3 Å². The van der Waals surface area contributed by atoms with E-state index in [9.17, 15) is 13.2 Å². The maximum atomic E-state index is 12.8. The maximum Gasteiger partial charge on any atom is 0.231 e. The summed E-state index contributed by atoms with van der Waals surface area (Å²) in [6, 6.07) is 14.3. The minimum atomic E-state index is -3.32. The summed E-state index contributed by atoms with van der Waals surface area (Å²) in [6.07, 6.45) is 3.37. The van der Waals surface area contributed by atoms with Crippen LogP contribution >= 0.6 is 11.6 Å². The van der Waals surface area contributed by atoms with Crippen LogP contribution in [0.3, 0.4) is 0 Å². The molecule has 2 aromatic rings. The standard InChI is InChI=1S/C18H19ClN2O3S/c1-25(23,24)20-15-6-8-16(9-7-15)21(17-10-11-17)18(22)12-13-2-4-14(19)5-3-13/h2-9,17,20H,10-12H2,1H3. The van der Waals surface area contributed by atoms with Crippen molar-refractivity contribution in [2.45, 2.75) is 25.3 Å². The number of anilines is 2. The molecule has 1 aliphatic rings.